The zero-order valence-corrected chi connectivity index (χ0v) is 12.8. The molecule has 1 fully saturated rings. The third kappa shape index (κ3) is 4.26. The molecule has 1 aromatic carbocycles. The Morgan fingerprint density at radius 1 is 1.10 bits per heavy atom. The molecule has 2 rings (SSSR count). The van der Waals surface area contributed by atoms with Crippen molar-refractivity contribution in [2.75, 3.05) is 32.7 Å². The van der Waals surface area contributed by atoms with Crippen molar-refractivity contribution >= 4 is 15.9 Å². The predicted octanol–water partition coefficient (Wildman–Crippen LogP) is 0.00940. The van der Waals surface area contributed by atoms with E-state index in [1.54, 1.807) is 17.0 Å². The SMILES string of the molecule is NCCC(=O)N1CCN(S(=O)(=O)Cc2ccccc2)CC1. The van der Waals surface area contributed by atoms with Crippen LogP contribution >= 0.6 is 0 Å². The van der Waals surface area contributed by atoms with Crippen molar-refractivity contribution in [3.63, 3.8) is 0 Å². The number of carbonyl (C=O) groups excluding carboxylic acids is 1. The first kappa shape index (κ1) is 15.9. The summed E-state index contributed by atoms with van der Waals surface area (Å²) in [6.07, 6.45) is 0.316. The third-order valence-corrected chi connectivity index (χ3v) is 5.38. The van der Waals surface area contributed by atoms with E-state index in [0.717, 1.165) is 5.56 Å². The van der Waals surface area contributed by atoms with Crippen LogP contribution in [0.3, 0.4) is 0 Å². The van der Waals surface area contributed by atoms with E-state index >= 15 is 0 Å². The highest BCUT2D eigenvalue weighted by molar-refractivity contribution is 7.88. The van der Waals surface area contributed by atoms with Gasteiger partial charge in [0.2, 0.25) is 15.9 Å². The highest BCUT2D eigenvalue weighted by Crippen LogP contribution is 2.14. The Hall–Kier alpha value is -1.44. The van der Waals surface area contributed by atoms with Gasteiger partial charge in [0, 0.05) is 39.1 Å². The van der Waals surface area contributed by atoms with Crippen molar-refractivity contribution in [1.29, 1.82) is 0 Å². The van der Waals surface area contributed by atoms with Gasteiger partial charge in [-0.05, 0) is 5.56 Å². The van der Waals surface area contributed by atoms with Gasteiger partial charge in [0.25, 0.3) is 0 Å². The summed E-state index contributed by atoms with van der Waals surface area (Å²) in [7, 11) is -3.33. The molecule has 1 saturated heterocycles. The minimum atomic E-state index is -3.33. The van der Waals surface area contributed by atoms with Crippen molar-refractivity contribution in [3.05, 3.63) is 35.9 Å². The summed E-state index contributed by atoms with van der Waals surface area (Å²) in [6.45, 7) is 1.90. The number of sulfonamides is 1. The second-order valence-corrected chi connectivity index (χ2v) is 7.03. The average molecular weight is 311 g/mol. The second kappa shape index (κ2) is 7.02. The van der Waals surface area contributed by atoms with Gasteiger partial charge >= 0.3 is 0 Å². The van der Waals surface area contributed by atoms with E-state index in [9.17, 15) is 13.2 Å². The maximum absolute atomic E-state index is 12.4. The number of amides is 1. The molecule has 0 radical (unpaired) electrons. The lowest BCUT2D eigenvalue weighted by atomic mass is 10.2. The van der Waals surface area contributed by atoms with Gasteiger partial charge in [-0.15, -0.1) is 0 Å². The van der Waals surface area contributed by atoms with Gasteiger partial charge in [-0.3, -0.25) is 4.79 Å². The maximum atomic E-state index is 12.4. The summed E-state index contributed by atoms with van der Waals surface area (Å²) in [5.41, 5.74) is 6.14. The molecule has 1 aromatic rings. The highest BCUT2D eigenvalue weighted by Gasteiger charge is 2.28. The van der Waals surface area contributed by atoms with Gasteiger partial charge < -0.3 is 10.6 Å². The van der Waals surface area contributed by atoms with Crippen LogP contribution in [0.4, 0.5) is 0 Å². The smallest absolute Gasteiger partial charge is 0.223 e. The summed E-state index contributed by atoms with van der Waals surface area (Å²) in [6, 6.07) is 9.12. The zero-order valence-electron chi connectivity index (χ0n) is 11.9. The molecule has 1 aliphatic heterocycles. The first-order valence-corrected chi connectivity index (χ1v) is 8.63. The van der Waals surface area contributed by atoms with Gasteiger partial charge in [0.1, 0.15) is 0 Å². The molecular formula is C14H21N3O3S. The topological polar surface area (TPSA) is 83.7 Å². The molecule has 0 atom stereocenters. The van der Waals surface area contributed by atoms with E-state index in [4.69, 9.17) is 5.73 Å². The van der Waals surface area contributed by atoms with Crippen LogP contribution in [0.25, 0.3) is 0 Å². The van der Waals surface area contributed by atoms with E-state index in [1.807, 2.05) is 18.2 Å². The Balaban J connectivity index is 1.93. The number of rotatable bonds is 5. The van der Waals surface area contributed by atoms with Crippen molar-refractivity contribution < 1.29 is 13.2 Å². The summed E-state index contributed by atoms with van der Waals surface area (Å²) in [4.78, 5) is 13.4. The van der Waals surface area contributed by atoms with Crippen molar-refractivity contribution in [2.24, 2.45) is 5.73 Å². The zero-order chi connectivity index (χ0) is 15.3. The molecule has 0 aliphatic carbocycles. The van der Waals surface area contributed by atoms with Crippen LogP contribution in [0.1, 0.15) is 12.0 Å². The molecule has 21 heavy (non-hydrogen) atoms. The summed E-state index contributed by atoms with van der Waals surface area (Å²) < 4.78 is 26.2. The Labute approximate surface area is 125 Å². The molecule has 116 valence electrons. The van der Waals surface area contributed by atoms with Gasteiger partial charge in [0.15, 0.2) is 0 Å². The minimum absolute atomic E-state index is 0.00222. The van der Waals surface area contributed by atoms with Crippen LogP contribution in [0.5, 0.6) is 0 Å². The van der Waals surface area contributed by atoms with Crippen LogP contribution in [-0.2, 0) is 20.6 Å². The number of nitrogens with zero attached hydrogens (tertiary/aromatic N) is 2. The number of carbonyl (C=O) groups is 1. The number of nitrogens with two attached hydrogens (primary N) is 1. The number of benzene rings is 1. The van der Waals surface area contributed by atoms with Gasteiger partial charge in [-0.25, -0.2) is 8.42 Å². The van der Waals surface area contributed by atoms with Crippen LogP contribution < -0.4 is 5.73 Å². The lowest BCUT2D eigenvalue weighted by molar-refractivity contribution is -0.132. The van der Waals surface area contributed by atoms with Crippen molar-refractivity contribution in [1.82, 2.24) is 9.21 Å². The lowest BCUT2D eigenvalue weighted by Crippen LogP contribution is -2.51. The monoisotopic (exact) mass is 311 g/mol. The molecule has 7 heteroatoms. The van der Waals surface area contributed by atoms with Crippen LogP contribution in [-0.4, -0.2) is 56.3 Å². The van der Waals surface area contributed by atoms with Gasteiger partial charge in [-0.1, -0.05) is 30.3 Å². The Bertz CT molecular complexity index is 566. The number of hydrogen-bond donors (Lipinski definition) is 1. The van der Waals surface area contributed by atoms with Crippen molar-refractivity contribution in [3.8, 4) is 0 Å². The predicted molar refractivity (Wildman–Crippen MR) is 80.9 cm³/mol. The van der Waals surface area contributed by atoms with Gasteiger partial charge in [0.05, 0.1) is 5.75 Å². The highest BCUT2D eigenvalue weighted by atomic mass is 32.2. The Morgan fingerprint density at radius 3 is 2.29 bits per heavy atom. The summed E-state index contributed by atoms with van der Waals surface area (Å²) >= 11 is 0. The maximum Gasteiger partial charge on any atom is 0.223 e. The first-order valence-electron chi connectivity index (χ1n) is 7.02. The first-order chi connectivity index (χ1) is 10.0. The number of hydrogen-bond acceptors (Lipinski definition) is 4. The van der Waals surface area contributed by atoms with Crippen LogP contribution in [0.15, 0.2) is 30.3 Å². The van der Waals surface area contributed by atoms with E-state index in [-0.39, 0.29) is 11.7 Å². The fourth-order valence-corrected chi connectivity index (χ4v) is 3.89. The largest absolute Gasteiger partial charge is 0.340 e. The molecule has 0 unspecified atom stereocenters. The van der Waals surface area contributed by atoms with E-state index < -0.39 is 10.0 Å². The van der Waals surface area contributed by atoms with Crippen molar-refractivity contribution in [2.45, 2.75) is 12.2 Å². The molecular weight excluding hydrogens is 290 g/mol. The fourth-order valence-electron chi connectivity index (χ4n) is 2.37. The molecule has 2 N–H and O–H groups in total. The summed E-state index contributed by atoms with van der Waals surface area (Å²) in [5, 5.41) is 0. The molecule has 1 aliphatic rings. The van der Waals surface area contributed by atoms with Gasteiger partial charge in [-0.2, -0.15) is 4.31 Å². The Morgan fingerprint density at radius 2 is 1.71 bits per heavy atom. The van der Waals surface area contributed by atoms with E-state index in [2.05, 4.69) is 0 Å². The van der Waals surface area contributed by atoms with Crippen LogP contribution in [0, 0.1) is 0 Å². The second-order valence-electron chi connectivity index (χ2n) is 5.06. The minimum Gasteiger partial charge on any atom is -0.340 e. The molecule has 1 heterocycles. The Kier molecular flexibility index (Phi) is 5.33. The molecule has 0 spiro atoms. The lowest BCUT2D eigenvalue weighted by Gasteiger charge is -2.34. The molecule has 6 nitrogen and oxygen atoms in total. The molecule has 1 amide bonds. The average Bonchev–Trinajstić information content (AvgIpc) is 2.48. The normalized spacial score (nSPS) is 16.9. The van der Waals surface area contributed by atoms with E-state index in [0.29, 0.717) is 39.1 Å². The standard InChI is InChI=1S/C14H21N3O3S/c15-7-6-14(18)16-8-10-17(11-9-16)21(19,20)12-13-4-2-1-3-5-13/h1-5H,6-12,15H2. The molecule has 0 bridgehead atoms. The van der Waals surface area contributed by atoms with Crippen LogP contribution in [0.2, 0.25) is 0 Å². The third-order valence-electron chi connectivity index (χ3n) is 3.53. The number of piperazine rings is 1. The quantitative estimate of drug-likeness (QED) is 0.830. The summed E-state index contributed by atoms with van der Waals surface area (Å²) in [5.74, 6) is 0.00233. The van der Waals surface area contributed by atoms with E-state index in [1.165, 1.54) is 4.31 Å². The molecule has 0 saturated carbocycles. The molecule has 0 aromatic heterocycles. The fraction of sp³-hybridized carbons (Fsp3) is 0.500.